The molecule has 1 heterocycles. The van der Waals surface area contributed by atoms with Gasteiger partial charge >= 0.3 is 0 Å². The number of aryl methyl sites for hydroxylation is 2. The minimum absolute atomic E-state index is 0.363. The normalized spacial score (nSPS) is 17.3. The van der Waals surface area contributed by atoms with Gasteiger partial charge in [0.05, 0.1) is 11.7 Å². The standard InChI is InChI=1S/C17H19NO/c1-11-4-6-15(12(2)8-11)14-5-7-17-16(9-14)18-13(3)10-19-17/h4-9,13,18H,10H2,1-3H3. The van der Waals surface area contributed by atoms with E-state index in [0.717, 1.165) is 18.0 Å². The summed E-state index contributed by atoms with van der Waals surface area (Å²) in [5, 5.41) is 3.48. The van der Waals surface area contributed by atoms with Gasteiger partial charge in [-0.3, -0.25) is 0 Å². The molecule has 2 nitrogen and oxygen atoms in total. The van der Waals surface area contributed by atoms with Crippen LogP contribution in [-0.4, -0.2) is 12.6 Å². The molecule has 98 valence electrons. The molecule has 1 N–H and O–H groups in total. The number of rotatable bonds is 1. The van der Waals surface area contributed by atoms with Crippen molar-refractivity contribution < 1.29 is 4.74 Å². The first-order valence-corrected chi connectivity index (χ1v) is 6.74. The Kier molecular flexibility index (Phi) is 2.94. The van der Waals surface area contributed by atoms with E-state index in [4.69, 9.17) is 4.74 Å². The highest BCUT2D eigenvalue weighted by molar-refractivity contribution is 5.74. The molecule has 0 fully saturated rings. The van der Waals surface area contributed by atoms with E-state index in [0.29, 0.717) is 6.04 Å². The zero-order chi connectivity index (χ0) is 13.4. The molecule has 1 aliphatic rings. The Hall–Kier alpha value is -1.96. The Morgan fingerprint density at radius 3 is 2.74 bits per heavy atom. The van der Waals surface area contributed by atoms with Gasteiger partial charge in [-0.25, -0.2) is 0 Å². The van der Waals surface area contributed by atoms with E-state index in [1.165, 1.54) is 22.3 Å². The third-order valence-electron chi connectivity index (χ3n) is 3.56. The van der Waals surface area contributed by atoms with Crippen LogP contribution in [0.5, 0.6) is 5.75 Å². The van der Waals surface area contributed by atoms with E-state index in [2.05, 4.69) is 62.5 Å². The lowest BCUT2D eigenvalue weighted by atomic mass is 9.98. The summed E-state index contributed by atoms with van der Waals surface area (Å²) in [6, 6.07) is 13.3. The number of hydrogen-bond acceptors (Lipinski definition) is 2. The fraction of sp³-hybridized carbons (Fsp3) is 0.294. The van der Waals surface area contributed by atoms with Crippen molar-refractivity contribution in [2.24, 2.45) is 0 Å². The highest BCUT2D eigenvalue weighted by Gasteiger charge is 2.15. The van der Waals surface area contributed by atoms with Crippen molar-refractivity contribution in [1.29, 1.82) is 0 Å². The highest BCUT2D eigenvalue weighted by atomic mass is 16.5. The number of hydrogen-bond donors (Lipinski definition) is 1. The molecule has 0 saturated heterocycles. The SMILES string of the molecule is Cc1ccc(-c2ccc3c(c2)NC(C)CO3)c(C)c1. The predicted octanol–water partition coefficient (Wildman–Crippen LogP) is 4.16. The Morgan fingerprint density at radius 1 is 1.11 bits per heavy atom. The number of benzene rings is 2. The first kappa shape index (κ1) is 12.1. The van der Waals surface area contributed by atoms with Crippen LogP contribution in [-0.2, 0) is 0 Å². The molecule has 0 saturated carbocycles. The van der Waals surface area contributed by atoms with Crippen LogP contribution >= 0.6 is 0 Å². The van der Waals surface area contributed by atoms with Crippen molar-refractivity contribution >= 4 is 5.69 Å². The van der Waals surface area contributed by atoms with Crippen LogP contribution in [0.25, 0.3) is 11.1 Å². The van der Waals surface area contributed by atoms with E-state index in [-0.39, 0.29) is 0 Å². The van der Waals surface area contributed by atoms with Gasteiger partial charge in [-0.15, -0.1) is 0 Å². The quantitative estimate of drug-likeness (QED) is 0.823. The van der Waals surface area contributed by atoms with Crippen LogP contribution in [0.3, 0.4) is 0 Å². The maximum absolute atomic E-state index is 5.71. The first-order chi connectivity index (χ1) is 9.13. The van der Waals surface area contributed by atoms with Crippen LogP contribution in [0.1, 0.15) is 18.1 Å². The fourth-order valence-corrected chi connectivity index (χ4v) is 2.60. The third kappa shape index (κ3) is 2.30. The smallest absolute Gasteiger partial charge is 0.142 e. The van der Waals surface area contributed by atoms with Crippen LogP contribution < -0.4 is 10.1 Å². The van der Waals surface area contributed by atoms with Crippen molar-refractivity contribution in [2.75, 3.05) is 11.9 Å². The Balaban J connectivity index is 2.04. The second-order valence-corrected chi connectivity index (χ2v) is 5.39. The molecule has 19 heavy (non-hydrogen) atoms. The summed E-state index contributed by atoms with van der Waals surface area (Å²) in [7, 11) is 0. The molecule has 2 heteroatoms. The van der Waals surface area contributed by atoms with Gasteiger partial charge < -0.3 is 10.1 Å². The lowest BCUT2D eigenvalue weighted by molar-refractivity contribution is 0.292. The zero-order valence-electron chi connectivity index (χ0n) is 11.7. The Morgan fingerprint density at radius 2 is 1.95 bits per heavy atom. The summed E-state index contributed by atoms with van der Waals surface area (Å²) in [6.45, 7) is 7.15. The minimum Gasteiger partial charge on any atom is -0.489 e. The molecule has 2 aromatic rings. The summed E-state index contributed by atoms with van der Waals surface area (Å²) in [6.07, 6.45) is 0. The molecule has 0 bridgehead atoms. The van der Waals surface area contributed by atoms with Crippen molar-refractivity contribution in [3.8, 4) is 16.9 Å². The Labute approximate surface area is 114 Å². The summed E-state index contributed by atoms with van der Waals surface area (Å²) in [4.78, 5) is 0. The molecule has 0 aromatic heterocycles. The van der Waals surface area contributed by atoms with Crippen molar-refractivity contribution in [2.45, 2.75) is 26.8 Å². The number of fused-ring (bicyclic) bond motifs is 1. The monoisotopic (exact) mass is 253 g/mol. The second-order valence-electron chi connectivity index (χ2n) is 5.39. The van der Waals surface area contributed by atoms with E-state index >= 15 is 0 Å². The first-order valence-electron chi connectivity index (χ1n) is 6.74. The molecule has 1 unspecified atom stereocenters. The van der Waals surface area contributed by atoms with Gasteiger partial charge in [0.15, 0.2) is 0 Å². The van der Waals surface area contributed by atoms with E-state index in [1.807, 2.05) is 0 Å². The van der Waals surface area contributed by atoms with Gasteiger partial charge in [0.25, 0.3) is 0 Å². The maximum Gasteiger partial charge on any atom is 0.142 e. The molecular weight excluding hydrogens is 234 g/mol. The van der Waals surface area contributed by atoms with Crippen molar-refractivity contribution in [3.63, 3.8) is 0 Å². The van der Waals surface area contributed by atoms with Crippen molar-refractivity contribution in [1.82, 2.24) is 0 Å². The molecule has 2 aromatic carbocycles. The molecule has 0 spiro atoms. The van der Waals surface area contributed by atoms with Crippen molar-refractivity contribution in [3.05, 3.63) is 47.5 Å². The number of ether oxygens (including phenoxy) is 1. The number of nitrogens with one attached hydrogen (secondary N) is 1. The average molecular weight is 253 g/mol. The molecule has 0 aliphatic carbocycles. The van der Waals surface area contributed by atoms with Crippen LogP contribution in [0.4, 0.5) is 5.69 Å². The van der Waals surface area contributed by atoms with Gasteiger partial charge in [-0.05, 0) is 49.6 Å². The van der Waals surface area contributed by atoms with Crippen LogP contribution in [0, 0.1) is 13.8 Å². The fourth-order valence-electron chi connectivity index (χ4n) is 2.60. The largest absolute Gasteiger partial charge is 0.489 e. The second kappa shape index (κ2) is 4.61. The lowest BCUT2D eigenvalue weighted by Crippen LogP contribution is -2.28. The van der Waals surface area contributed by atoms with Gasteiger partial charge in [0.1, 0.15) is 12.4 Å². The Bertz CT molecular complexity index is 619. The minimum atomic E-state index is 0.363. The summed E-state index contributed by atoms with van der Waals surface area (Å²) < 4.78 is 5.71. The third-order valence-corrected chi connectivity index (χ3v) is 3.56. The topological polar surface area (TPSA) is 21.3 Å². The van der Waals surface area contributed by atoms with Crippen LogP contribution in [0.2, 0.25) is 0 Å². The van der Waals surface area contributed by atoms with Gasteiger partial charge in [0.2, 0.25) is 0 Å². The van der Waals surface area contributed by atoms with E-state index < -0.39 is 0 Å². The number of anilines is 1. The van der Waals surface area contributed by atoms with Crippen LogP contribution in [0.15, 0.2) is 36.4 Å². The van der Waals surface area contributed by atoms with Gasteiger partial charge in [-0.2, -0.15) is 0 Å². The molecule has 3 rings (SSSR count). The summed E-state index contributed by atoms with van der Waals surface area (Å²) in [5.41, 5.74) is 6.23. The summed E-state index contributed by atoms with van der Waals surface area (Å²) >= 11 is 0. The molecule has 0 amide bonds. The van der Waals surface area contributed by atoms with Gasteiger partial charge in [-0.1, -0.05) is 29.8 Å². The lowest BCUT2D eigenvalue weighted by Gasteiger charge is -2.25. The van der Waals surface area contributed by atoms with E-state index in [9.17, 15) is 0 Å². The highest BCUT2D eigenvalue weighted by Crippen LogP contribution is 2.34. The molecule has 0 radical (unpaired) electrons. The molecule has 1 aliphatic heterocycles. The predicted molar refractivity (Wildman–Crippen MR) is 79.9 cm³/mol. The summed E-state index contributed by atoms with van der Waals surface area (Å²) in [5.74, 6) is 0.951. The molecular formula is C17H19NO. The maximum atomic E-state index is 5.71. The van der Waals surface area contributed by atoms with E-state index in [1.54, 1.807) is 0 Å². The zero-order valence-corrected chi connectivity index (χ0v) is 11.7. The molecule has 1 atom stereocenters. The average Bonchev–Trinajstić information content (AvgIpc) is 2.38. The van der Waals surface area contributed by atoms with Gasteiger partial charge in [0, 0.05) is 0 Å².